The molecule has 0 radical (unpaired) electrons. The SMILES string of the molecule is CC(=O)c1nn2c3c(cc(N)cc13)CCCCCCC(=O)CC[C@@]13C[C@@H](C(=O)Cc4nc(C(F)(F)F)ccc4C)N(C(=O)C2)[C@@H]1C3. The molecule has 6 rings (SSSR count). The lowest BCUT2D eigenvalue weighted by Gasteiger charge is -2.27. The normalized spacial score (nSPS) is 24.2. The first-order valence-corrected chi connectivity index (χ1v) is 16.0. The van der Waals surface area contributed by atoms with Crippen LogP contribution in [0.5, 0.6) is 0 Å². The molecule has 2 N–H and O–H groups in total. The van der Waals surface area contributed by atoms with Crippen molar-refractivity contribution in [1.82, 2.24) is 19.7 Å². The molecule has 4 heterocycles. The molecule has 2 aromatic heterocycles. The quantitative estimate of drug-likeness (QED) is 0.293. The third kappa shape index (κ3) is 6.05. The second-order valence-corrected chi connectivity index (χ2v) is 13.3. The Labute approximate surface area is 264 Å². The Morgan fingerprint density at radius 3 is 2.50 bits per heavy atom. The molecule has 3 aromatic rings. The third-order valence-corrected chi connectivity index (χ3v) is 10.0. The Morgan fingerprint density at radius 2 is 1.78 bits per heavy atom. The van der Waals surface area contributed by atoms with E-state index in [9.17, 15) is 32.3 Å². The smallest absolute Gasteiger partial charge is 0.399 e. The van der Waals surface area contributed by atoms with Crippen molar-refractivity contribution in [2.45, 2.75) is 109 Å². The maximum Gasteiger partial charge on any atom is 0.433 e. The molecule has 244 valence electrons. The van der Waals surface area contributed by atoms with Crippen LogP contribution in [0.15, 0.2) is 24.3 Å². The molecular weight excluding hydrogens is 599 g/mol. The van der Waals surface area contributed by atoms with Crippen LogP contribution in [0.3, 0.4) is 0 Å². The Kier molecular flexibility index (Phi) is 8.27. The molecular formula is C34H38F3N5O4. The third-order valence-electron chi connectivity index (χ3n) is 10.0. The summed E-state index contributed by atoms with van der Waals surface area (Å²) in [5.74, 6) is -0.859. The number of piperidine rings is 1. The highest BCUT2D eigenvalue weighted by atomic mass is 19.4. The van der Waals surface area contributed by atoms with Crippen molar-refractivity contribution >= 4 is 39.8 Å². The number of alkyl halides is 3. The molecule has 0 unspecified atom stereocenters. The molecule has 2 aliphatic heterocycles. The minimum Gasteiger partial charge on any atom is -0.399 e. The van der Waals surface area contributed by atoms with Crippen LogP contribution in [0.1, 0.15) is 97.7 Å². The summed E-state index contributed by atoms with van der Waals surface area (Å²) < 4.78 is 41.8. The number of halogens is 3. The van der Waals surface area contributed by atoms with Crippen molar-refractivity contribution in [1.29, 1.82) is 0 Å². The van der Waals surface area contributed by atoms with Gasteiger partial charge in [0.15, 0.2) is 11.6 Å². The molecule has 2 fully saturated rings. The van der Waals surface area contributed by atoms with Gasteiger partial charge in [-0.25, -0.2) is 4.98 Å². The fourth-order valence-electron chi connectivity index (χ4n) is 7.53. The number of amides is 1. The highest BCUT2D eigenvalue weighted by Crippen LogP contribution is 2.62. The zero-order valence-electron chi connectivity index (χ0n) is 26.1. The van der Waals surface area contributed by atoms with Crippen molar-refractivity contribution in [3.8, 4) is 0 Å². The summed E-state index contributed by atoms with van der Waals surface area (Å²) in [6.45, 7) is 2.79. The van der Waals surface area contributed by atoms with E-state index in [1.165, 1.54) is 17.7 Å². The number of carbonyl (C=O) groups excluding carboxylic acids is 4. The number of hydrogen-bond acceptors (Lipinski definition) is 7. The van der Waals surface area contributed by atoms with Gasteiger partial charge in [0.25, 0.3) is 0 Å². The maximum absolute atomic E-state index is 14.2. The second kappa shape index (κ2) is 11.9. The van der Waals surface area contributed by atoms with Gasteiger partial charge in [0, 0.05) is 36.9 Å². The van der Waals surface area contributed by atoms with Crippen molar-refractivity contribution in [3.63, 3.8) is 0 Å². The number of carbonyl (C=O) groups is 4. The fourth-order valence-corrected chi connectivity index (χ4v) is 7.53. The van der Waals surface area contributed by atoms with E-state index in [2.05, 4.69) is 10.1 Å². The number of nitrogen functional groups attached to an aromatic ring is 1. The standard InChI is InChI=1S/C34H38F3N5O4/c1-19-9-10-28(34(35,36)37)39-25(19)15-27(45)26-16-33-12-11-23(44)8-6-4-3-5-7-21-13-22(38)14-24-31(20(2)43)40-41(32(21)24)18-30(46)42(26)29(33)17-33/h9-10,13-14,26,29H,3-8,11-12,15-18,38H2,1-2H3/t26-,29+,33-/m0/s1. The van der Waals surface area contributed by atoms with Crippen LogP contribution in [-0.2, 0) is 39.9 Å². The van der Waals surface area contributed by atoms with Gasteiger partial charge < -0.3 is 10.6 Å². The number of rotatable bonds is 4. The number of aryl methyl sites for hydroxylation is 2. The Morgan fingerprint density at radius 1 is 1.04 bits per heavy atom. The molecule has 2 bridgehead atoms. The van der Waals surface area contributed by atoms with Crippen LogP contribution in [0.4, 0.5) is 18.9 Å². The molecule has 0 spiro atoms. The Balaban J connectivity index is 1.37. The molecule has 12 heteroatoms. The number of anilines is 1. The van der Waals surface area contributed by atoms with E-state index >= 15 is 0 Å². The van der Waals surface area contributed by atoms with Crippen LogP contribution in [0, 0.1) is 12.3 Å². The van der Waals surface area contributed by atoms with E-state index in [0.29, 0.717) is 60.7 Å². The minimum absolute atomic E-state index is 0.0258. The number of nitrogens with two attached hydrogens (primary N) is 1. The van der Waals surface area contributed by atoms with Crippen LogP contribution < -0.4 is 5.73 Å². The zero-order chi connectivity index (χ0) is 33.0. The molecule has 9 nitrogen and oxygen atoms in total. The van der Waals surface area contributed by atoms with Crippen LogP contribution in [0.25, 0.3) is 10.9 Å². The average Bonchev–Trinajstić information content (AvgIpc) is 3.40. The van der Waals surface area contributed by atoms with Gasteiger partial charge in [-0.3, -0.25) is 23.9 Å². The van der Waals surface area contributed by atoms with Gasteiger partial charge in [-0.15, -0.1) is 0 Å². The number of ketones is 3. The predicted octanol–water partition coefficient (Wildman–Crippen LogP) is 5.57. The van der Waals surface area contributed by atoms with Crippen molar-refractivity contribution in [2.24, 2.45) is 5.41 Å². The summed E-state index contributed by atoms with van der Waals surface area (Å²) in [5.41, 5.74) is 7.45. The summed E-state index contributed by atoms with van der Waals surface area (Å²) in [4.78, 5) is 58.8. The maximum atomic E-state index is 14.2. The molecule has 1 saturated carbocycles. The topological polar surface area (TPSA) is 128 Å². The van der Waals surface area contributed by atoms with Gasteiger partial charge in [-0.2, -0.15) is 18.3 Å². The number of hydrogen-bond donors (Lipinski definition) is 1. The fraction of sp³-hybridized carbons (Fsp3) is 0.529. The van der Waals surface area contributed by atoms with E-state index < -0.39 is 29.1 Å². The second-order valence-electron chi connectivity index (χ2n) is 13.3. The van der Waals surface area contributed by atoms with Crippen LogP contribution in [-0.4, -0.2) is 55.0 Å². The number of nitrogens with zero attached hydrogens (tertiary/aromatic N) is 4. The van der Waals surface area contributed by atoms with E-state index in [1.54, 1.807) is 17.9 Å². The molecule has 46 heavy (non-hydrogen) atoms. The molecule has 1 aliphatic carbocycles. The van der Waals surface area contributed by atoms with Gasteiger partial charge >= 0.3 is 6.18 Å². The lowest BCUT2D eigenvalue weighted by molar-refractivity contribution is -0.141. The minimum atomic E-state index is -4.66. The lowest BCUT2D eigenvalue weighted by atomic mass is 9.89. The number of aromatic nitrogens is 3. The number of benzene rings is 1. The average molecular weight is 638 g/mol. The summed E-state index contributed by atoms with van der Waals surface area (Å²) in [7, 11) is 0. The van der Waals surface area contributed by atoms with Crippen LogP contribution >= 0.6 is 0 Å². The summed E-state index contributed by atoms with van der Waals surface area (Å²) in [6.07, 6.45) is 1.44. The summed E-state index contributed by atoms with van der Waals surface area (Å²) in [5, 5.41) is 5.13. The summed E-state index contributed by atoms with van der Waals surface area (Å²) in [6, 6.07) is 4.58. The van der Waals surface area contributed by atoms with Crippen molar-refractivity contribution in [2.75, 3.05) is 5.73 Å². The van der Waals surface area contributed by atoms with Crippen molar-refractivity contribution < 1.29 is 32.3 Å². The van der Waals surface area contributed by atoms with Crippen molar-refractivity contribution in [3.05, 3.63) is 52.5 Å². The van der Waals surface area contributed by atoms with E-state index in [-0.39, 0.29) is 47.9 Å². The van der Waals surface area contributed by atoms with Gasteiger partial charge in [0.05, 0.1) is 23.7 Å². The first-order chi connectivity index (χ1) is 21.8. The largest absolute Gasteiger partial charge is 0.433 e. The first kappa shape index (κ1) is 31.9. The Bertz CT molecular complexity index is 1750. The van der Waals surface area contributed by atoms with E-state index in [1.807, 2.05) is 6.07 Å². The molecule has 3 aliphatic rings. The van der Waals surface area contributed by atoms with E-state index in [0.717, 1.165) is 37.3 Å². The molecule has 3 atom stereocenters. The van der Waals surface area contributed by atoms with E-state index in [4.69, 9.17) is 5.73 Å². The van der Waals surface area contributed by atoms with Gasteiger partial charge in [0.2, 0.25) is 5.91 Å². The highest BCUT2D eigenvalue weighted by Gasteiger charge is 2.66. The van der Waals surface area contributed by atoms with Gasteiger partial charge in [0.1, 0.15) is 23.7 Å². The molecule has 1 saturated heterocycles. The first-order valence-electron chi connectivity index (χ1n) is 16.0. The molecule has 1 amide bonds. The van der Waals surface area contributed by atoms with Crippen LogP contribution in [0.2, 0.25) is 0 Å². The highest BCUT2D eigenvalue weighted by molar-refractivity contribution is 6.06. The lowest BCUT2D eigenvalue weighted by Crippen LogP contribution is -2.45. The number of Topliss-reactive ketones (excluding diaryl/α,β-unsaturated/α-hetero) is 3. The number of pyridine rings is 1. The van der Waals surface area contributed by atoms with Gasteiger partial charge in [-0.1, -0.05) is 18.9 Å². The Hall–Kier alpha value is -4.09. The monoisotopic (exact) mass is 637 g/mol. The van der Waals surface area contributed by atoms with Gasteiger partial charge in [-0.05, 0) is 80.2 Å². The summed E-state index contributed by atoms with van der Waals surface area (Å²) >= 11 is 0. The zero-order valence-corrected chi connectivity index (χ0v) is 26.1. The molecule has 1 aromatic carbocycles. The predicted molar refractivity (Wildman–Crippen MR) is 164 cm³/mol.